The van der Waals surface area contributed by atoms with Crippen LogP contribution in [-0.2, 0) is 11.8 Å². The van der Waals surface area contributed by atoms with E-state index in [0.29, 0.717) is 18.1 Å². The number of hydrogen-bond acceptors (Lipinski definition) is 5. The Bertz CT molecular complexity index is 818. The number of carbonyl (C=O) groups is 1. The second-order valence-electron chi connectivity index (χ2n) is 4.62. The Labute approximate surface area is 121 Å². The Morgan fingerprint density at radius 3 is 2.71 bits per heavy atom. The summed E-state index contributed by atoms with van der Waals surface area (Å²) in [6.07, 6.45) is 6.81. The van der Waals surface area contributed by atoms with Gasteiger partial charge in [0, 0.05) is 31.8 Å². The maximum absolute atomic E-state index is 11.8. The van der Waals surface area contributed by atoms with Gasteiger partial charge in [-0.1, -0.05) is 0 Å². The summed E-state index contributed by atoms with van der Waals surface area (Å²) in [7, 11) is 1.78. The van der Waals surface area contributed by atoms with Gasteiger partial charge in [-0.2, -0.15) is 0 Å². The summed E-state index contributed by atoms with van der Waals surface area (Å²) in [5.41, 5.74) is 2.73. The normalized spacial score (nSPS) is 11.0. The number of nitrogens with zero attached hydrogens (tertiary/aromatic N) is 5. The van der Waals surface area contributed by atoms with E-state index in [4.69, 9.17) is 4.74 Å². The number of hydrogen-bond donors (Lipinski definition) is 0. The highest BCUT2D eigenvalue weighted by Crippen LogP contribution is 2.20. The van der Waals surface area contributed by atoms with Crippen LogP contribution in [0.4, 0.5) is 0 Å². The molecule has 0 atom stereocenters. The molecule has 7 heteroatoms. The fourth-order valence-corrected chi connectivity index (χ4v) is 2.22. The Hall–Kier alpha value is -2.70. The van der Waals surface area contributed by atoms with Crippen molar-refractivity contribution < 1.29 is 9.53 Å². The molecule has 0 fully saturated rings. The second kappa shape index (κ2) is 5.01. The van der Waals surface area contributed by atoms with Crippen molar-refractivity contribution in [1.29, 1.82) is 0 Å². The first-order chi connectivity index (χ1) is 10.1. The summed E-state index contributed by atoms with van der Waals surface area (Å²) >= 11 is 0. The highest BCUT2D eigenvalue weighted by Gasteiger charge is 2.18. The number of fused-ring (bicyclic) bond motifs is 1. The predicted octanol–water partition coefficient (Wildman–Crippen LogP) is 1.61. The van der Waals surface area contributed by atoms with Gasteiger partial charge in [0.25, 0.3) is 0 Å². The number of aromatic nitrogens is 5. The van der Waals surface area contributed by atoms with Gasteiger partial charge in [0.15, 0.2) is 0 Å². The van der Waals surface area contributed by atoms with E-state index in [1.54, 1.807) is 41.5 Å². The van der Waals surface area contributed by atoms with Crippen LogP contribution in [-0.4, -0.2) is 36.5 Å². The van der Waals surface area contributed by atoms with Gasteiger partial charge < -0.3 is 9.30 Å². The number of esters is 1. The van der Waals surface area contributed by atoms with E-state index in [2.05, 4.69) is 15.0 Å². The van der Waals surface area contributed by atoms with Crippen molar-refractivity contribution in [3.05, 3.63) is 36.2 Å². The van der Waals surface area contributed by atoms with Crippen LogP contribution < -0.4 is 0 Å². The van der Waals surface area contributed by atoms with Gasteiger partial charge in [0.1, 0.15) is 17.1 Å². The summed E-state index contributed by atoms with van der Waals surface area (Å²) in [5.74, 6) is 0.292. The van der Waals surface area contributed by atoms with Gasteiger partial charge in [-0.15, -0.1) is 0 Å². The predicted molar refractivity (Wildman–Crippen MR) is 75.9 cm³/mol. The molecule has 21 heavy (non-hydrogen) atoms. The van der Waals surface area contributed by atoms with Crippen molar-refractivity contribution in [3.63, 3.8) is 0 Å². The molecule has 3 aromatic rings. The largest absolute Gasteiger partial charge is 0.461 e. The quantitative estimate of drug-likeness (QED) is 0.683. The summed E-state index contributed by atoms with van der Waals surface area (Å²) in [4.78, 5) is 24.9. The summed E-state index contributed by atoms with van der Waals surface area (Å²) in [5, 5.41) is 0. The molecule has 3 aromatic heterocycles. The smallest absolute Gasteiger partial charge is 0.356 e. The SMILES string of the molecule is CCOC(=O)c1cn2cc(-c3nccnc3C)nc2n1C. The number of imidazole rings is 2. The monoisotopic (exact) mass is 285 g/mol. The molecule has 0 N–H and O–H groups in total. The van der Waals surface area contributed by atoms with Gasteiger partial charge in [0.05, 0.1) is 12.3 Å². The molecule has 0 radical (unpaired) electrons. The van der Waals surface area contributed by atoms with Gasteiger partial charge >= 0.3 is 5.97 Å². The van der Waals surface area contributed by atoms with Crippen molar-refractivity contribution in [1.82, 2.24) is 23.9 Å². The first kappa shape index (κ1) is 13.3. The maximum atomic E-state index is 11.8. The summed E-state index contributed by atoms with van der Waals surface area (Å²) in [6.45, 7) is 4.01. The number of ether oxygens (including phenoxy) is 1. The summed E-state index contributed by atoms with van der Waals surface area (Å²) in [6, 6.07) is 0. The van der Waals surface area contributed by atoms with Crippen molar-refractivity contribution in [3.8, 4) is 11.4 Å². The van der Waals surface area contributed by atoms with Gasteiger partial charge in [-0.3, -0.25) is 14.4 Å². The lowest BCUT2D eigenvalue weighted by atomic mass is 10.2. The first-order valence-electron chi connectivity index (χ1n) is 6.61. The molecule has 0 aliphatic rings. The van der Waals surface area contributed by atoms with Crippen molar-refractivity contribution in [2.75, 3.05) is 6.61 Å². The number of carbonyl (C=O) groups excluding carboxylic acids is 1. The number of aryl methyl sites for hydroxylation is 2. The van der Waals surface area contributed by atoms with E-state index in [0.717, 1.165) is 17.1 Å². The van der Waals surface area contributed by atoms with Crippen LogP contribution in [0.1, 0.15) is 23.1 Å². The maximum Gasteiger partial charge on any atom is 0.356 e. The lowest BCUT2D eigenvalue weighted by molar-refractivity contribution is 0.0515. The third kappa shape index (κ3) is 2.16. The molecule has 0 saturated heterocycles. The third-order valence-corrected chi connectivity index (χ3v) is 3.24. The summed E-state index contributed by atoms with van der Waals surface area (Å²) < 4.78 is 8.51. The topological polar surface area (TPSA) is 74.3 Å². The Morgan fingerprint density at radius 1 is 1.29 bits per heavy atom. The van der Waals surface area contributed by atoms with Gasteiger partial charge in [-0.05, 0) is 13.8 Å². The van der Waals surface area contributed by atoms with Crippen LogP contribution in [0.15, 0.2) is 24.8 Å². The highest BCUT2D eigenvalue weighted by molar-refractivity contribution is 5.88. The van der Waals surface area contributed by atoms with Crippen LogP contribution in [0, 0.1) is 6.92 Å². The molecule has 108 valence electrons. The van der Waals surface area contributed by atoms with Crippen LogP contribution in [0.3, 0.4) is 0 Å². The van der Waals surface area contributed by atoms with Crippen LogP contribution in [0.5, 0.6) is 0 Å². The van der Waals surface area contributed by atoms with Gasteiger partial charge in [-0.25, -0.2) is 9.78 Å². The van der Waals surface area contributed by atoms with Crippen LogP contribution in [0.25, 0.3) is 17.2 Å². The molecule has 3 rings (SSSR count). The van der Waals surface area contributed by atoms with Crippen LogP contribution >= 0.6 is 0 Å². The fourth-order valence-electron chi connectivity index (χ4n) is 2.22. The minimum Gasteiger partial charge on any atom is -0.461 e. The Kier molecular flexibility index (Phi) is 3.17. The number of rotatable bonds is 3. The van der Waals surface area contributed by atoms with Crippen molar-refractivity contribution in [2.45, 2.75) is 13.8 Å². The molecule has 0 aliphatic heterocycles. The van der Waals surface area contributed by atoms with E-state index < -0.39 is 0 Å². The Morgan fingerprint density at radius 2 is 2.05 bits per heavy atom. The molecule has 0 amide bonds. The average molecular weight is 285 g/mol. The van der Waals surface area contributed by atoms with Crippen molar-refractivity contribution in [2.24, 2.45) is 7.05 Å². The molecule has 0 aliphatic carbocycles. The van der Waals surface area contributed by atoms with E-state index in [9.17, 15) is 4.79 Å². The van der Waals surface area contributed by atoms with E-state index >= 15 is 0 Å². The second-order valence-corrected chi connectivity index (χ2v) is 4.62. The van der Waals surface area contributed by atoms with Crippen molar-refractivity contribution >= 4 is 11.7 Å². The third-order valence-electron chi connectivity index (χ3n) is 3.24. The average Bonchev–Trinajstić information content (AvgIpc) is 3.00. The Balaban J connectivity index is 2.07. The molecular formula is C14H15N5O2. The molecule has 0 bridgehead atoms. The standard InChI is InChI=1S/C14H15N5O2/c1-4-21-13(20)11-8-19-7-10(17-14(19)18(11)3)12-9(2)15-5-6-16-12/h5-8H,4H2,1-3H3. The minimum atomic E-state index is -0.359. The highest BCUT2D eigenvalue weighted by atomic mass is 16.5. The molecule has 3 heterocycles. The molecule has 7 nitrogen and oxygen atoms in total. The fraction of sp³-hybridized carbons (Fsp3) is 0.286. The molecule has 0 saturated carbocycles. The molecule has 0 spiro atoms. The lowest BCUT2D eigenvalue weighted by Gasteiger charge is -2.02. The van der Waals surface area contributed by atoms with E-state index in [-0.39, 0.29) is 5.97 Å². The first-order valence-corrected chi connectivity index (χ1v) is 6.61. The zero-order valence-corrected chi connectivity index (χ0v) is 12.1. The van der Waals surface area contributed by atoms with E-state index in [1.807, 2.05) is 13.1 Å². The molecular weight excluding hydrogens is 270 g/mol. The van der Waals surface area contributed by atoms with E-state index in [1.165, 1.54) is 0 Å². The van der Waals surface area contributed by atoms with Gasteiger partial charge in [0.2, 0.25) is 5.78 Å². The zero-order chi connectivity index (χ0) is 15.0. The zero-order valence-electron chi connectivity index (χ0n) is 12.1. The molecule has 0 aromatic carbocycles. The van der Waals surface area contributed by atoms with Crippen LogP contribution in [0.2, 0.25) is 0 Å². The molecule has 0 unspecified atom stereocenters. The lowest BCUT2D eigenvalue weighted by Crippen LogP contribution is -2.09. The minimum absolute atomic E-state index is 0.344.